The molecule has 0 radical (unpaired) electrons. The zero-order valence-electron chi connectivity index (χ0n) is 15.8. The molecule has 1 fully saturated rings. The van der Waals surface area contributed by atoms with Crippen LogP contribution >= 0.6 is 0 Å². The van der Waals surface area contributed by atoms with Crippen molar-refractivity contribution in [2.24, 2.45) is 11.7 Å². The number of piperidine rings is 1. The SMILES string of the molecule is CCC(C)C(N)C(=O)NCC(c1ccc(OC)cc1)N1CCCCC1. The van der Waals surface area contributed by atoms with Crippen LogP contribution in [0.15, 0.2) is 24.3 Å². The van der Waals surface area contributed by atoms with Gasteiger partial charge in [-0.3, -0.25) is 9.69 Å². The normalized spacial score (nSPS) is 19.0. The molecule has 0 aliphatic carbocycles. The topological polar surface area (TPSA) is 67.6 Å². The summed E-state index contributed by atoms with van der Waals surface area (Å²) >= 11 is 0. The Morgan fingerprint density at radius 3 is 2.44 bits per heavy atom. The van der Waals surface area contributed by atoms with Gasteiger partial charge in [0.15, 0.2) is 0 Å². The summed E-state index contributed by atoms with van der Waals surface area (Å²) in [6, 6.07) is 7.90. The molecule has 1 aromatic carbocycles. The van der Waals surface area contributed by atoms with Crippen molar-refractivity contribution in [1.29, 1.82) is 0 Å². The van der Waals surface area contributed by atoms with E-state index in [4.69, 9.17) is 10.5 Å². The zero-order valence-corrected chi connectivity index (χ0v) is 15.8. The first-order chi connectivity index (χ1) is 12.1. The number of nitrogens with two attached hydrogens (primary N) is 1. The number of likely N-dealkylation sites (tertiary alicyclic amines) is 1. The highest BCUT2D eigenvalue weighted by Crippen LogP contribution is 2.26. The Morgan fingerprint density at radius 1 is 1.24 bits per heavy atom. The van der Waals surface area contributed by atoms with Gasteiger partial charge in [-0.05, 0) is 49.5 Å². The summed E-state index contributed by atoms with van der Waals surface area (Å²) in [6.07, 6.45) is 4.62. The van der Waals surface area contributed by atoms with E-state index in [2.05, 4.69) is 29.3 Å². The number of amides is 1. The van der Waals surface area contributed by atoms with Crippen LogP contribution in [0.4, 0.5) is 0 Å². The average Bonchev–Trinajstić information content (AvgIpc) is 2.68. The van der Waals surface area contributed by atoms with Crippen molar-refractivity contribution in [2.45, 2.75) is 51.6 Å². The van der Waals surface area contributed by atoms with Crippen LogP contribution in [0, 0.1) is 5.92 Å². The Bertz CT molecular complexity index is 526. The van der Waals surface area contributed by atoms with Crippen molar-refractivity contribution in [2.75, 3.05) is 26.7 Å². The number of hydrogen-bond acceptors (Lipinski definition) is 4. The van der Waals surface area contributed by atoms with Gasteiger partial charge in [-0.15, -0.1) is 0 Å². The van der Waals surface area contributed by atoms with Crippen LogP contribution in [0.5, 0.6) is 5.75 Å². The maximum atomic E-state index is 12.4. The third-order valence-corrected chi connectivity index (χ3v) is 5.36. The number of nitrogens with zero attached hydrogens (tertiary/aromatic N) is 1. The Balaban J connectivity index is 2.07. The van der Waals surface area contributed by atoms with Crippen molar-refractivity contribution in [3.8, 4) is 5.75 Å². The van der Waals surface area contributed by atoms with E-state index in [0.717, 1.165) is 25.3 Å². The predicted octanol–water partition coefficient (Wildman–Crippen LogP) is 2.71. The Kier molecular flexibility index (Phi) is 7.72. The van der Waals surface area contributed by atoms with Gasteiger partial charge in [-0.1, -0.05) is 38.8 Å². The minimum Gasteiger partial charge on any atom is -0.497 e. The number of carbonyl (C=O) groups excluding carboxylic acids is 1. The van der Waals surface area contributed by atoms with E-state index in [1.807, 2.05) is 19.1 Å². The quantitative estimate of drug-likeness (QED) is 0.759. The van der Waals surface area contributed by atoms with E-state index >= 15 is 0 Å². The number of carbonyl (C=O) groups is 1. The van der Waals surface area contributed by atoms with Crippen LogP contribution in [0.2, 0.25) is 0 Å². The van der Waals surface area contributed by atoms with Gasteiger partial charge in [0.25, 0.3) is 0 Å². The molecule has 0 bridgehead atoms. The second-order valence-electron chi connectivity index (χ2n) is 7.04. The minimum absolute atomic E-state index is 0.0510. The molecule has 5 heteroatoms. The Hall–Kier alpha value is -1.59. The van der Waals surface area contributed by atoms with E-state index in [-0.39, 0.29) is 17.9 Å². The second kappa shape index (κ2) is 9.78. The lowest BCUT2D eigenvalue weighted by Crippen LogP contribution is -2.48. The maximum absolute atomic E-state index is 12.4. The first kappa shape index (κ1) is 19.7. The zero-order chi connectivity index (χ0) is 18.2. The fraction of sp³-hybridized carbons (Fsp3) is 0.650. The van der Waals surface area contributed by atoms with Crippen molar-refractivity contribution in [1.82, 2.24) is 10.2 Å². The summed E-state index contributed by atoms with van der Waals surface area (Å²) in [5.41, 5.74) is 7.28. The number of hydrogen-bond donors (Lipinski definition) is 2. The van der Waals surface area contributed by atoms with Crippen molar-refractivity contribution < 1.29 is 9.53 Å². The molecular weight excluding hydrogens is 314 g/mol. The lowest BCUT2D eigenvalue weighted by molar-refractivity contribution is -0.123. The second-order valence-corrected chi connectivity index (χ2v) is 7.04. The van der Waals surface area contributed by atoms with Gasteiger partial charge in [0.2, 0.25) is 5.91 Å². The molecule has 1 aliphatic heterocycles. The molecule has 3 N–H and O–H groups in total. The van der Waals surface area contributed by atoms with Gasteiger partial charge in [0.05, 0.1) is 19.2 Å². The summed E-state index contributed by atoms with van der Waals surface area (Å²) in [7, 11) is 1.67. The third kappa shape index (κ3) is 5.44. The van der Waals surface area contributed by atoms with E-state index in [0.29, 0.717) is 6.54 Å². The highest BCUT2D eigenvalue weighted by atomic mass is 16.5. The predicted molar refractivity (Wildman–Crippen MR) is 102 cm³/mol. The standard InChI is InChI=1S/C20H33N3O2/c1-4-15(2)19(21)20(24)22-14-18(23-12-6-5-7-13-23)16-8-10-17(25-3)11-9-16/h8-11,15,18-19H,4-7,12-14,21H2,1-3H3,(H,22,24). The first-order valence-electron chi connectivity index (χ1n) is 9.48. The molecule has 0 saturated carbocycles. The highest BCUT2D eigenvalue weighted by molar-refractivity contribution is 5.81. The van der Waals surface area contributed by atoms with Gasteiger partial charge in [-0.2, -0.15) is 0 Å². The molecule has 1 heterocycles. The average molecular weight is 348 g/mol. The Morgan fingerprint density at radius 2 is 1.88 bits per heavy atom. The summed E-state index contributed by atoms with van der Waals surface area (Å²) in [6.45, 7) is 6.82. The molecule has 1 amide bonds. The third-order valence-electron chi connectivity index (χ3n) is 5.36. The van der Waals surface area contributed by atoms with Gasteiger partial charge in [0, 0.05) is 6.54 Å². The van der Waals surface area contributed by atoms with Crippen LogP contribution in [0.25, 0.3) is 0 Å². The van der Waals surface area contributed by atoms with Gasteiger partial charge in [-0.25, -0.2) is 0 Å². The summed E-state index contributed by atoms with van der Waals surface area (Å²) in [5, 5.41) is 3.09. The molecule has 3 atom stereocenters. The van der Waals surface area contributed by atoms with Crippen molar-refractivity contribution in [3.63, 3.8) is 0 Å². The largest absolute Gasteiger partial charge is 0.497 e. The van der Waals surface area contributed by atoms with E-state index in [1.165, 1.54) is 24.8 Å². The van der Waals surface area contributed by atoms with Gasteiger partial charge < -0.3 is 15.8 Å². The number of rotatable bonds is 8. The molecule has 25 heavy (non-hydrogen) atoms. The molecule has 1 saturated heterocycles. The molecule has 1 aliphatic rings. The Labute approximate surface area is 151 Å². The van der Waals surface area contributed by atoms with Crippen LogP contribution in [-0.4, -0.2) is 43.6 Å². The van der Waals surface area contributed by atoms with Crippen LogP contribution < -0.4 is 15.8 Å². The molecule has 3 unspecified atom stereocenters. The molecule has 2 rings (SSSR count). The monoisotopic (exact) mass is 347 g/mol. The lowest BCUT2D eigenvalue weighted by Gasteiger charge is -2.35. The minimum atomic E-state index is -0.442. The van der Waals surface area contributed by atoms with E-state index in [9.17, 15) is 4.79 Å². The van der Waals surface area contributed by atoms with Crippen LogP contribution in [0.1, 0.15) is 51.1 Å². The molecule has 1 aromatic rings. The molecule has 0 aromatic heterocycles. The summed E-state index contributed by atoms with van der Waals surface area (Å²) in [4.78, 5) is 14.9. The summed E-state index contributed by atoms with van der Waals surface area (Å²) < 4.78 is 5.26. The van der Waals surface area contributed by atoms with Crippen LogP contribution in [-0.2, 0) is 4.79 Å². The molecular formula is C20H33N3O2. The summed E-state index contributed by atoms with van der Waals surface area (Å²) in [5.74, 6) is 0.989. The molecule has 0 spiro atoms. The smallest absolute Gasteiger partial charge is 0.237 e. The highest BCUT2D eigenvalue weighted by Gasteiger charge is 2.25. The van der Waals surface area contributed by atoms with Crippen molar-refractivity contribution >= 4 is 5.91 Å². The molecule has 140 valence electrons. The maximum Gasteiger partial charge on any atom is 0.237 e. The fourth-order valence-corrected chi connectivity index (χ4v) is 3.34. The lowest BCUT2D eigenvalue weighted by atomic mass is 9.98. The first-order valence-corrected chi connectivity index (χ1v) is 9.48. The van der Waals surface area contributed by atoms with E-state index < -0.39 is 6.04 Å². The van der Waals surface area contributed by atoms with Crippen molar-refractivity contribution in [3.05, 3.63) is 29.8 Å². The van der Waals surface area contributed by atoms with E-state index in [1.54, 1.807) is 7.11 Å². The number of nitrogens with one attached hydrogen (secondary N) is 1. The fourth-order valence-electron chi connectivity index (χ4n) is 3.34. The number of ether oxygens (including phenoxy) is 1. The van der Waals surface area contributed by atoms with Gasteiger partial charge in [0.1, 0.15) is 5.75 Å². The van der Waals surface area contributed by atoms with Crippen LogP contribution in [0.3, 0.4) is 0 Å². The van der Waals surface area contributed by atoms with Gasteiger partial charge >= 0.3 is 0 Å². The number of methoxy groups -OCH3 is 1. The molecule has 5 nitrogen and oxygen atoms in total. The number of benzene rings is 1.